The first-order valence-corrected chi connectivity index (χ1v) is 11.9. The van der Waals surface area contributed by atoms with E-state index in [4.69, 9.17) is 4.74 Å². The standard InChI is InChI=1S/C30H38O/c1-3-5-23-31-24-28-17-21-30(22-18-28)29-19-15-27(16-20-29)10-7-6-9-26-13-11-25(8-4-2)12-14-26/h3-4,6,8-9,15-22,25-26H,1,5,7,10-14,23-24H2,2H3/b8-4-,9-6+/t25-,26-. The van der Waals surface area contributed by atoms with E-state index in [1.54, 1.807) is 0 Å². The van der Waals surface area contributed by atoms with E-state index < -0.39 is 0 Å². The molecule has 0 amide bonds. The molecular formula is C30H38O. The van der Waals surface area contributed by atoms with Crippen molar-refractivity contribution in [2.45, 2.75) is 58.5 Å². The summed E-state index contributed by atoms with van der Waals surface area (Å²) in [6.45, 7) is 7.26. The number of hydrogen-bond donors (Lipinski definition) is 0. The Labute approximate surface area is 189 Å². The normalized spacial score (nSPS) is 19.3. The van der Waals surface area contributed by atoms with Crippen molar-refractivity contribution in [1.82, 2.24) is 0 Å². The van der Waals surface area contributed by atoms with Gasteiger partial charge in [-0.2, -0.15) is 0 Å². The van der Waals surface area contributed by atoms with Crippen LogP contribution in [0, 0.1) is 11.8 Å². The third-order valence-corrected chi connectivity index (χ3v) is 6.27. The molecule has 1 fully saturated rings. The number of aryl methyl sites for hydroxylation is 1. The van der Waals surface area contributed by atoms with Gasteiger partial charge in [0.05, 0.1) is 13.2 Å². The molecule has 1 saturated carbocycles. The molecule has 1 nitrogen and oxygen atoms in total. The van der Waals surface area contributed by atoms with Crippen LogP contribution in [0.15, 0.2) is 85.5 Å². The number of ether oxygens (including phenoxy) is 1. The molecule has 0 heterocycles. The van der Waals surface area contributed by atoms with Crippen molar-refractivity contribution >= 4 is 0 Å². The molecule has 2 aromatic rings. The molecule has 0 saturated heterocycles. The van der Waals surface area contributed by atoms with Gasteiger partial charge in [0.2, 0.25) is 0 Å². The molecule has 1 heteroatoms. The second kappa shape index (κ2) is 13.1. The third kappa shape index (κ3) is 7.99. The first kappa shape index (κ1) is 23.3. The molecular weight excluding hydrogens is 376 g/mol. The lowest BCUT2D eigenvalue weighted by Crippen LogP contribution is -2.11. The van der Waals surface area contributed by atoms with Gasteiger partial charge >= 0.3 is 0 Å². The fourth-order valence-electron chi connectivity index (χ4n) is 4.35. The lowest BCUT2D eigenvalue weighted by Gasteiger charge is -2.24. The molecule has 0 N–H and O–H groups in total. The Hall–Kier alpha value is -2.38. The molecule has 0 aliphatic heterocycles. The molecule has 1 aliphatic carbocycles. The first-order valence-electron chi connectivity index (χ1n) is 11.9. The lowest BCUT2D eigenvalue weighted by atomic mass is 9.81. The third-order valence-electron chi connectivity index (χ3n) is 6.27. The highest BCUT2D eigenvalue weighted by atomic mass is 16.5. The minimum absolute atomic E-state index is 0.664. The van der Waals surface area contributed by atoms with Crippen molar-refractivity contribution in [2.24, 2.45) is 11.8 Å². The second-order valence-electron chi connectivity index (χ2n) is 8.69. The van der Waals surface area contributed by atoms with Crippen molar-refractivity contribution in [3.63, 3.8) is 0 Å². The maximum atomic E-state index is 5.64. The highest BCUT2D eigenvalue weighted by Gasteiger charge is 2.16. The summed E-state index contributed by atoms with van der Waals surface area (Å²) in [5.74, 6) is 1.61. The van der Waals surface area contributed by atoms with Crippen LogP contribution in [-0.4, -0.2) is 6.61 Å². The fourth-order valence-corrected chi connectivity index (χ4v) is 4.35. The van der Waals surface area contributed by atoms with Crippen molar-refractivity contribution in [3.8, 4) is 11.1 Å². The van der Waals surface area contributed by atoms with E-state index in [2.05, 4.69) is 86.3 Å². The lowest BCUT2D eigenvalue weighted by molar-refractivity contribution is 0.125. The van der Waals surface area contributed by atoms with Crippen LogP contribution in [-0.2, 0) is 17.8 Å². The largest absolute Gasteiger partial charge is 0.376 e. The maximum absolute atomic E-state index is 5.64. The Morgan fingerprint density at radius 2 is 1.39 bits per heavy atom. The summed E-state index contributed by atoms with van der Waals surface area (Å²) in [4.78, 5) is 0. The summed E-state index contributed by atoms with van der Waals surface area (Å²) in [7, 11) is 0. The molecule has 164 valence electrons. The molecule has 31 heavy (non-hydrogen) atoms. The zero-order chi connectivity index (χ0) is 21.7. The smallest absolute Gasteiger partial charge is 0.0717 e. The van der Waals surface area contributed by atoms with Crippen LogP contribution in [0.5, 0.6) is 0 Å². The molecule has 0 aromatic heterocycles. The van der Waals surface area contributed by atoms with E-state index in [1.165, 1.54) is 47.9 Å². The minimum Gasteiger partial charge on any atom is -0.376 e. The van der Waals surface area contributed by atoms with Gasteiger partial charge in [0, 0.05) is 0 Å². The highest BCUT2D eigenvalue weighted by molar-refractivity contribution is 5.63. The van der Waals surface area contributed by atoms with E-state index in [-0.39, 0.29) is 0 Å². The second-order valence-corrected chi connectivity index (χ2v) is 8.69. The van der Waals surface area contributed by atoms with Gasteiger partial charge in [-0.1, -0.05) is 78.9 Å². The van der Waals surface area contributed by atoms with Crippen LogP contribution < -0.4 is 0 Å². The van der Waals surface area contributed by atoms with Crippen LogP contribution in [0.25, 0.3) is 11.1 Å². The molecule has 1 aliphatic rings. The van der Waals surface area contributed by atoms with E-state index in [0.29, 0.717) is 6.61 Å². The van der Waals surface area contributed by atoms with E-state index in [0.717, 1.165) is 37.7 Å². The number of hydrogen-bond acceptors (Lipinski definition) is 1. The van der Waals surface area contributed by atoms with E-state index >= 15 is 0 Å². The predicted molar refractivity (Wildman–Crippen MR) is 134 cm³/mol. The van der Waals surface area contributed by atoms with Gasteiger partial charge in [-0.25, -0.2) is 0 Å². The zero-order valence-corrected chi connectivity index (χ0v) is 19.1. The molecule has 2 aromatic carbocycles. The summed E-state index contributed by atoms with van der Waals surface area (Å²) in [5.41, 5.74) is 5.16. The van der Waals surface area contributed by atoms with Gasteiger partial charge < -0.3 is 4.74 Å². The molecule has 0 unspecified atom stereocenters. The summed E-state index contributed by atoms with van der Waals surface area (Å²) in [6.07, 6.45) is 19.9. The van der Waals surface area contributed by atoms with Crippen molar-refractivity contribution in [2.75, 3.05) is 6.61 Å². The average molecular weight is 415 g/mol. The van der Waals surface area contributed by atoms with Crippen molar-refractivity contribution in [1.29, 1.82) is 0 Å². The molecule has 0 spiro atoms. The van der Waals surface area contributed by atoms with Gasteiger partial charge in [0.15, 0.2) is 0 Å². The van der Waals surface area contributed by atoms with Gasteiger partial charge in [0.1, 0.15) is 0 Å². The highest BCUT2D eigenvalue weighted by Crippen LogP contribution is 2.30. The molecule has 0 bridgehead atoms. The zero-order valence-electron chi connectivity index (χ0n) is 19.1. The van der Waals surface area contributed by atoms with Crippen LogP contribution in [0.4, 0.5) is 0 Å². The topological polar surface area (TPSA) is 9.23 Å². The average Bonchev–Trinajstić information content (AvgIpc) is 2.82. The van der Waals surface area contributed by atoms with Gasteiger partial charge in [-0.05, 0) is 86.0 Å². The Kier molecular flexibility index (Phi) is 9.86. The number of allylic oxidation sites excluding steroid dienone is 4. The predicted octanol–water partition coefficient (Wildman–Crippen LogP) is 8.32. The maximum Gasteiger partial charge on any atom is 0.0717 e. The van der Waals surface area contributed by atoms with Crippen LogP contribution >= 0.6 is 0 Å². The van der Waals surface area contributed by atoms with E-state index in [1.807, 2.05) is 6.08 Å². The van der Waals surface area contributed by atoms with Crippen LogP contribution in [0.3, 0.4) is 0 Å². The molecule has 3 rings (SSSR count). The van der Waals surface area contributed by atoms with Crippen LogP contribution in [0.2, 0.25) is 0 Å². The van der Waals surface area contributed by atoms with Crippen LogP contribution in [0.1, 0.15) is 56.6 Å². The van der Waals surface area contributed by atoms with E-state index in [9.17, 15) is 0 Å². The fraction of sp³-hybridized carbons (Fsp3) is 0.400. The molecule has 0 atom stereocenters. The summed E-state index contributed by atoms with van der Waals surface area (Å²) < 4.78 is 5.64. The quantitative estimate of drug-likeness (QED) is 0.265. The molecule has 0 radical (unpaired) electrons. The number of rotatable bonds is 11. The monoisotopic (exact) mass is 414 g/mol. The Balaban J connectivity index is 1.41. The van der Waals surface area contributed by atoms with Gasteiger partial charge in [-0.15, -0.1) is 6.58 Å². The Bertz CT molecular complexity index is 818. The minimum atomic E-state index is 0.664. The first-order chi connectivity index (χ1) is 15.3. The SMILES string of the molecule is C=CCCOCc1ccc(-c2ccc(CC/C=C/[C@H]3CC[C@H](/C=C\C)CC3)cc2)cc1. The Morgan fingerprint density at radius 1 is 0.806 bits per heavy atom. The van der Waals surface area contributed by atoms with Gasteiger partial charge in [-0.3, -0.25) is 0 Å². The van der Waals surface area contributed by atoms with Gasteiger partial charge in [0.25, 0.3) is 0 Å². The number of benzene rings is 2. The summed E-state index contributed by atoms with van der Waals surface area (Å²) in [5, 5.41) is 0. The van der Waals surface area contributed by atoms with Crippen molar-refractivity contribution < 1.29 is 4.74 Å². The summed E-state index contributed by atoms with van der Waals surface area (Å²) >= 11 is 0. The Morgan fingerprint density at radius 3 is 1.97 bits per heavy atom. The summed E-state index contributed by atoms with van der Waals surface area (Å²) in [6, 6.07) is 17.7. The van der Waals surface area contributed by atoms with Crippen molar-refractivity contribution in [3.05, 3.63) is 96.6 Å².